The van der Waals surface area contributed by atoms with Crippen LogP contribution in [0.25, 0.3) is 11.0 Å². The standard InChI is InChI=1S/C17H27N5/c1-3-5-8-12-19-17(18-4-2)20-13-11-16-21-14-9-6-7-10-15(14)22-16/h6-7,9-10H,3-5,8,11-13H2,1-2H3,(H,21,22)(H2,18,19,20). The molecule has 1 aromatic heterocycles. The average molecular weight is 301 g/mol. The van der Waals surface area contributed by atoms with E-state index in [-0.39, 0.29) is 0 Å². The van der Waals surface area contributed by atoms with Crippen molar-refractivity contribution in [1.82, 2.24) is 20.6 Å². The maximum atomic E-state index is 4.59. The summed E-state index contributed by atoms with van der Waals surface area (Å²) in [5.41, 5.74) is 2.12. The van der Waals surface area contributed by atoms with Crippen LogP contribution >= 0.6 is 0 Å². The van der Waals surface area contributed by atoms with Crippen LogP contribution in [0.15, 0.2) is 29.3 Å². The van der Waals surface area contributed by atoms with Crippen LogP contribution in [0.3, 0.4) is 0 Å². The number of imidazole rings is 1. The van der Waals surface area contributed by atoms with E-state index in [0.29, 0.717) is 0 Å². The normalized spacial score (nSPS) is 11.8. The molecule has 0 radical (unpaired) electrons. The third-order valence-corrected chi connectivity index (χ3v) is 3.47. The van der Waals surface area contributed by atoms with Gasteiger partial charge in [0.05, 0.1) is 11.0 Å². The monoisotopic (exact) mass is 301 g/mol. The molecule has 120 valence electrons. The zero-order valence-electron chi connectivity index (χ0n) is 13.7. The van der Waals surface area contributed by atoms with Crippen LogP contribution in [-0.2, 0) is 6.42 Å². The lowest BCUT2D eigenvalue weighted by molar-refractivity contribution is 0.715. The van der Waals surface area contributed by atoms with Gasteiger partial charge >= 0.3 is 0 Å². The number of hydrogen-bond acceptors (Lipinski definition) is 2. The number of rotatable bonds is 8. The highest BCUT2D eigenvalue weighted by atomic mass is 15.2. The summed E-state index contributed by atoms with van der Waals surface area (Å²) in [7, 11) is 0. The summed E-state index contributed by atoms with van der Waals surface area (Å²) >= 11 is 0. The molecule has 5 nitrogen and oxygen atoms in total. The number of aliphatic imine (C=N–C) groups is 1. The molecular formula is C17H27N5. The molecule has 0 aliphatic carbocycles. The smallest absolute Gasteiger partial charge is 0.191 e. The maximum Gasteiger partial charge on any atom is 0.191 e. The quantitative estimate of drug-likeness (QED) is 0.399. The second kappa shape index (κ2) is 9.07. The van der Waals surface area contributed by atoms with E-state index in [9.17, 15) is 0 Å². The van der Waals surface area contributed by atoms with E-state index in [2.05, 4.69) is 45.5 Å². The number of nitrogens with zero attached hydrogens (tertiary/aromatic N) is 2. The molecule has 3 N–H and O–H groups in total. The van der Waals surface area contributed by atoms with Crippen LogP contribution in [-0.4, -0.2) is 35.6 Å². The van der Waals surface area contributed by atoms with Crippen LogP contribution in [0, 0.1) is 0 Å². The molecule has 0 unspecified atom stereocenters. The van der Waals surface area contributed by atoms with Gasteiger partial charge in [0.1, 0.15) is 5.82 Å². The van der Waals surface area contributed by atoms with Gasteiger partial charge in [-0.2, -0.15) is 0 Å². The first kappa shape index (κ1) is 16.3. The molecule has 0 atom stereocenters. The molecule has 0 amide bonds. The van der Waals surface area contributed by atoms with Gasteiger partial charge in [-0.3, -0.25) is 4.99 Å². The minimum Gasteiger partial charge on any atom is -0.357 e. The van der Waals surface area contributed by atoms with E-state index in [1.807, 2.05) is 18.2 Å². The van der Waals surface area contributed by atoms with Gasteiger partial charge in [-0.15, -0.1) is 0 Å². The summed E-state index contributed by atoms with van der Waals surface area (Å²) in [6, 6.07) is 8.12. The van der Waals surface area contributed by atoms with Crippen molar-refractivity contribution in [3.8, 4) is 0 Å². The summed E-state index contributed by atoms with van der Waals surface area (Å²) in [4.78, 5) is 12.5. The highest BCUT2D eigenvalue weighted by Gasteiger charge is 2.02. The molecular weight excluding hydrogens is 274 g/mol. The summed E-state index contributed by atoms with van der Waals surface area (Å²) in [5.74, 6) is 1.91. The number of hydrogen-bond donors (Lipinski definition) is 3. The Morgan fingerprint density at radius 1 is 1.18 bits per heavy atom. The first-order chi connectivity index (χ1) is 10.8. The van der Waals surface area contributed by atoms with Crippen molar-refractivity contribution in [2.24, 2.45) is 4.99 Å². The van der Waals surface area contributed by atoms with Crippen molar-refractivity contribution in [2.75, 3.05) is 19.6 Å². The fraction of sp³-hybridized carbons (Fsp3) is 0.529. The molecule has 1 heterocycles. The Hall–Kier alpha value is -2.04. The van der Waals surface area contributed by atoms with Crippen LogP contribution in [0.2, 0.25) is 0 Å². The SMILES string of the molecule is CCCCCN=C(NCC)NCCc1nc2ccccc2[nH]1. The zero-order valence-corrected chi connectivity index (χ0v) is 13.7. The number of aromatic amines is 1. The number of aromatic nitrogens is 2. The van der Waals surface area contributed by atoms with Crippen LogP contribution in [0.1, 0.15) is 38.9 Å². The van der Waals surface area contributed by atoms with Crippen molar-refractivity contribution >= 4 is 17.0 Å². The second-order valence-corrected chi connectivity index (χ2v) is 5.35. The number of benzene rings is 1. The first-order valence-corrected chi connectivity index (χ1v) is 8.29. The average Bonchev–Trinajstić information content (AvgIpc) is 2.94. The van der Waals surface area contributed by atoms with Crippen LogP contribution in [0.4, 0.5) is 0 Å². The Labute approximate surface area is 132 Å². The lowest BCUT2D eigenvalue weighted by Crippen LogP contribution is -2.38. The summed E-state index contributed by atoms with van der Waals surface area (Å²) in [5, 5.41) is 6.65. The summed E-state index contributed by atoms with van der Waals surface area (Å²) < 4.78 is 0. The zero-order chi connectivity index (χ0) is 15.6. The van der Waals surface area contributed by atoms with Gasteiger partial charge in [0.15, 0.2) is 5.96 Å². The van der Waals surface area contributed by atoms with E-state index in [1.54, 1.807) is 0 Å². The number of guanidine groups is 1. The highest BCUT2D eigenvalue weighted by molar-refractivity contribution is 5.79. The molecule has 22 heavy (non-hydrogen) atoms. The molecule has 1 aromatic carbocycles. The Kier molecular flexibility index (Phi) is 6.74. The van der Waals surface area contributed by atoms with Gasteiger partial charge in [-0.1, -0.05) is 31.9 Å². The van der Waals surface area contributed by atoms with E-state index in [0.717, 1.165) is 55.3 Å². The van der Waals surface area contributed by atoms with Crippen molar-refractivity contribution in [3.05, 3.63) is 30.1 Å². The Morgan fingerprint density at radius 3 is 2.82 bits per heavy atom. The molecule has 0 saturated carbocycles. The van der Waals surface area contributed by atoms with E-state index in [1.165, 1.54) is 12.8 Å². The lowest BCUT2D eigenvalue weighted by Gasteiger charge is -2.10. The maximum absolute atomic E-state index is 4.59. The van der Waals surface area contributed by atoms with E-state index < -0.39 is 0 Å². The topological polar surface area (TPSA) is 65.1 Å². The Morgan fingerprint density at radius 2 is 2.05 bits per heavy atom. The molecule has 0 fully saturated rings. The predicted molar refractivity (Wildman–Crippen MR) is 93.3 cm³/mol. The fourth-order valence-corrected chi connectivity index (χ4v) is 2.32. The second-order valence-electron chi connectivity index (χ2n) is 5.35. The Balaban J connectivity index is 1.81. The number of nitrogens with one attached hydrogen (secondary N) is 3. The van der Waals surface area contributed by atoms with Crippen molar-refractivity contribution in [1.29, 1.82) is 0 Å². The summed E-state index contributed by atoms with van der Waals surface area (Å²) in [6.07, 6.45) is 4.47. The molecule has 0 aliphatic heterocycles. The number of H-pyrrole nitrogens is 1. The van der Waals surface area contributed by atoms with Crippen molar-refractivity contribution in [3.63, 3.8) is 0 Å². The summed E-state index contributed by atoms with van der Waals surface area (Å²) in [6.45, 7) is 6.88. The minimum absolute atomic E-state index is 0.819. The van der Waals surface area contributed by atoms with Gasteiger partial charge in [-0.05, 0) is 25.5 Å². The first-order valence-electron chi connectivity index (χ1n) is 8.29. The Bertz CT molecular complexity index is 555. The van der Waals surface area contributed by atoms with Crippen LogP contribution in [0.5, 0.6) is 0 Å². The van der Waals surface area contributed by atoms with Gasteiger partial charge in [0, 0.05) is 26.1 Å². The van der Waals surface area contributed by atoms with E-state index in [4.69, 9.17) is 0 Å². The highest BCUT2D eigenvalue weighted by Crippen LogP contribution is 2.10. The third-order valence-electron chi connectivity index (χ3n) is 3.47. The lowest BCUT2D eigenvalue weighted by atomic mass is 10.2. The van der Waals surface area contributed by atoms with E-state index >= 15 is 0 Å². The minimum atomic E-state index is 0.819. The molecule has 0 aliphatic rings. The van der Waals surface area contributed by atoms with Crippen LogP contribution < -0.4 is 10.6 Å². The molecule has 2 aromatic rings. The third kappa shape index (κ3) is 5.06. The molecule has 5 heteroatoms. The number of fused-ring (bicyclic) bond motifs is 1. The molecule has 0 spiro atoms. The molecule has 0 saturated heterocycles. The van der Waals surface area contributed by atoms with Gasteiger partial charge in [-0.25, -0.2) is 4.98 Å². The van der Waals surface area contributed by atoms with Crippen molar-refractivity contribution in [2.45, 2.75) is 39.5 Å². The molecule has 2 rings (SSSR count). The number of para-hydroxylation sites is 2. The largest absolute Gasteiger partial charge is 0.357 e. The van der Waals surface area contributed by atoms with Gasteiger partial charge in [0.2, 0.25) is 0 Å². The van der Waals surface area contributed by atoms with Gasteiger partial charge in [0.25, 0.3) is 0 Å². The van der Waals surface area contributed by atoms with Gasteiger partial charge < -0.3 is 15.6 Å². The molecule has 0 bridgehead atoms. The predicted octanol–water partition coefficient (Wildman–Crippen LogP) is 2.85. The van der Waals surface area contributed by atoms with Crippen molar-refractivity contribution < 1.29 is 0 Å². The number of unbranched alkanes of at least 4 members (excludes halogenated alkanes) is 2. The fourth-order valence-electron chi connectivity index (χ4n) is 2.32.